The van der Waals surface area contributed by atoms with Crippen molar-refractivity contribution in [3.05, 3.63) is 0 Å². The van der Waals surface area contributed by atoms with E-state index in [1.165, 1.54) is 25.7 Å². The average molecular weight is 257 g/mol. The molecule has 1 aliphatic rings. The van der Waals surface area contributed by atoms with Gasteiger partial charge in [-0.25, -0.2) is 0 Å². The van der Waals surface area contributed by atoms with Crippen LogP contribution in [0.4, 0.5) is 0 Å². The Kier molecular flexibility index (Phi) is 8.86. The highest BCUT2D eigenvalue weighted by atomic mass is 16.5. The van der Waals surface area contributed by atoms with Crippen LogP contribution in [-0.2, 0) is 14.3 Å². The van der Waals surface area contributed by atoms with Crippen LogP contribution in [-0.4, -0.2) is 38.4 Å². The van der Waals surface area contributed by atoms with E-state index < -0.39 is 0 Å². The second-order valence-corrected chi connectivity index (χ2v) is 4.92. The van der Waals surface area contributed by atoms with Gasteiger partial charge >= 0.3 is 5.97 Å². The number of unbranched alkanes of at least 4 members (excludes halogenated alkanes) is 5. The Morgan fingerprint density at radius 3 is 2.78 bits per heavy atom. The summed E-state index contributed by atoms with van der Waals surface area (Å²) >= 11 is 0. The van der Waals surface area contributed by atoms with Crippen LogP contribution in [0.15, 0.2) is 0 Å². The first kappa shape index (κ1) is 15.4. The molecule has 0 aromatic carbocycles. The Hall–Kier alpha value is -0.610. The highest BCUT2D eigenvalue weighted by molar-refractivity contribution is 5.70. The van der Waals surface area contributed by atoms with Gasteiger partial charge in [-0.3, -0.25) is 4.79 Å². The van der Waals surface area contributed by atoms with Gasteiger partial charge in [-0.2, -0.15) is 0 Å². The highest BCUT2D eigenvalue weighted by Crippen LogP contribution is 2.06. The van der Waals surface area contributed by atoms with E-state index in [0.29, 0.717) is 19.6 Å². The van der Waals surface area contributed by atoms with E-state index in [2.05, 4.69) is 12.2 Å². The van der Waals surface area contributed by atoms with Gasteiger partial charge in [-0.05, 0) is 6.42 Å². The van der Waals surface area contributed by atoms with E-state index in [-0.39, 0.29) is 12.0 Å². The topological polar surface area (TPSA) is 47.6 Å². The Bertz CT molecular complexity index is 215. The third kappa shape index (κ3) is 7.67. The first-order valence-corrected chi connectivity index (χ1v) is 7.29. The molecule has 1 heterocycles. The SMILES string of the molecule is CCCCCCCCOC(=O)CC1COCCN1. The van der Waals surface area contributed by atoms with Crippen LogP contribution in [0.1, 0.15) is 51.9 Å². The van der Waals surface area contributed by atoms with Crippen LogP contribution in [0.3, 0.4) is 0 Å². The number of esters is 1. The van der Waals surface area contributed by atoms with Gasteiger partial charge < -0.3 is 14.8 Å². The molecule has 0 aromatic heterocycles. The van der Waals surface area contributed by atoms with Gasteiger partial charge in [0.2, 0.25) is 0 Å². The molecule has 0 radical (unpaired) electrons. The summed E-state index contributed by atoms with van der Waals surface area (Å²) in [6.45, 7) is 4.97. The summed E-state index contributed by atoms with van der Waals surface area (Å²) in [4.78, 5) is 11.5. The van der Waals surface area contributed by atoms with Gasteiger partial charge in [0, 0.05) is 12.6 Å². The summed E-state index contributed by atoms with van der Waals surface area (Å²) in [6, 6.07) is 0.135. The average Bonchev–Trinajstić information content (AvgIpc) is 2.39. The largest absolute Gasteiger partial charge is 0.466 e. The second kappa shape index (κ2) is 10.3. The number of ether oxygens (including phenoxy) is 2. The first-order valence-electron chi connectivity index (χ1n) is 7.29. The molecule has 0 aromatic rings. The highest BCUT2D eigenvalue weighted by Gasteiger charge is 2.17. The zero-order valence-electron chi connectivity index (χ0n) is 11.6. The molecular weight excluding hydrogens is 230 g/mol. The van der Waals surface area contributed by atoms with Crippen LogP contribution < -0.4 is 5.32 Å². The fraction of sp³-hybridized carbons (Fsp3) is 0.929. The lowest BCUT2D eigenvalue weighted by Gasteiger charge is -2.22. The number of hydrogen-bond donors (Lipinski definition) is 1. The minimum Gasteiger partial charge on any atom is -0.466 e. The van der Waals surface area contributed by atoms with Crippen molar-refractivity contribution >= 4 is 5.97 Å². The smallest absolute Gasteiger partial charge is 0.307 e. The Morgan fingerprint density at radius 2 is 2.06 bits per heavy atom. The zero-order chi connectivity index (χ0) is 13.1. The van der Waals surface area contributed by atoms with Crippen LogP contribution in [0.2, 0.25) is 0 Å². The number of carbonyl (C=O) groups is 1. The van der Waals surface area contributed by atoms with Gasteiger partial charge in [0.25, 0.3) is 0 Å². The van der Waals surface area contributed by atoms with E-state index in [9.17, 15) is 4.79 Å². The van der Waals surface area contributed by atoms with Gasteiger partial charge in [0.15, 0.2) is 0 Å². The molecule has 0 amide bonds. The molecule has 1 atom stereocenters. The molecule has 0 saturated carbocycles. The number of rotatable bonds is 9. The van der Waals surface area contributed by atoms with Crippen LogP contribution in [0.5, 0.6) is 0 Å². The van der Waals surface area contributed by atoms with Crippen molar-refractivity contribution in [2.24, 2.45) is 0 Å². The second-order valence-electron chi connectivity index (χ2n) is 4.92. The molecular formula is C14H27NO3. The molecule has 1 fully saturated rings. The van der Waals surface area contributed by atoms with Gasteiger partial charge in [0.05, 0.1) is 26.2 Å². The van der Waals surface area contributed by atoms with E-state index in [1.807, 2.05) is 0 Å². The lowest BCUT2D eigenvalue weighted by atomic mass is 10.1. The quantitative estimate of drug-likeness (QED) is 0.508. The molecule has 1 N–H and O–H groups in total. The third-order valence-corrected chi connectivity index (χ3v) is 3.17. The van der Waals surface area contributed by atoms with E-state index in [0.717, 1.165) is 26.0 Å². The Labute approximate surface area is 110 Å². The monoisotopic (exact) mass is 257 g/mol. The van der Waals surface area contributed by atoms with Crippen molar-refractivity contribution in [3.63, 3.8) is 0 Å². The summed E-state index contributed by atoms with van der Waals surface area (Å²) in [6.07, 6.45) is 7.72. The maximum absolute atomic E-state index is 11.5. The first-order chi connectivity index (χ1) is 8.83. The van der Waals surface area contributed by atoms with Crippen LogP contribution in [0.25, 0.3) is 0 Å². The van der Waals surface area contributed by atoms with Crippen molar-refractivity contribution < 1.29 is 14.3 Å². The molecule has 1 saturated heterocycles. The zero-order valence-corrected chi connectivity index (χ0v) is 11.6. The number of morpholine rings is 1. The van der Waals surface area contributed by atoms with Gasteiger partial charge in [-0.1, -0.05) is 39.0 Å². The predicted molar refractivity (Wildman–Crippen MR) is 71.6 cm³/mol. The summed E-state index contributed by atoms with van der Waals surface area (Å²) < 4.78 is 10.5. The normalized spacial score (nSPS) is 19.7. The van der Waals surface area contributed by atoms with E-state index in [4.69, 9.17) is 9.47 Å². The maximum Gasteiger partial charge on any atom is 0.307 e. The molecule has 1 rings (SSSR count). The molecule has 1 unspecified atom stereocenters. The molecule has 0 bridgehead atoms. The number of hydrogen-bond acceptors (Lipinski definition) is 4. The molecule has 106 valence electrons. The number of nitrogens with one attached hydrogen (secondary N) is 1. The van der Waals surface area contributed by atoms with Gasteiger partial charge in [-0.15, -0.1) is 0 Å². The van der Waals surface area contributed by atoms with Crippen molar-refractivity contribution in [3.8, 4) is 0 Å². The van der Waals surface area contributed by atoms with Crippen molar-refractivity contribution in [1.82, 2.24) is 5.32 Å². The van der Waals surface area contributed by atoms with Crippen molar-refractivity contribution in [2.45, 2.75) is 57.9 Å². The summed E-state index contributed by atoms with van der Waals surface area (Å²) in [5.41, 5.74) is 0. The van der Waals surface area contributed by atoms with Crippen molar-refractivity contribution in [2.75, 3.05) is 26.4 Å². The minimum atomic E-state index is -0.105. The molecule has 0 aliphatic carbocycles. The standard InChI is InChI=1S/C14H27NO3/c1-2-3-4-5-6-7-9-18-14(16)11-13-12-17-10-8-15-13/h13,15H,2-12H2,1H3. The molecule has 0 spiro atoms. The summed E-state index contributed by atoms with van der Waals surface area (Å²) in [7, 11) is 0. The minimum absolute atomic E-state index is 0.105. The van der Waals surface area contributed by atoms with Crippen LogP contribution in [0, 0.1) is 0 Å². The fourth-order valence-corrected chi connectivity index (χ4v) is 2.08. The maximum atomic E-state index is 11.5. The van der Waals surface area contributed by atoms with Gasteiger partial charge in [0.1, 0.15) is 0 Å². The van der Waals surface area contributed by atoms with E-state index >= 15 is 0 Å². The lowest BCUT2D eigenvalue weighted by molar-refractivity contribution is -0.145. The molecule has 18 heavy (non-hydrogen) atoms. The molecule has 4 heteroatoms. The predicted octanol–water partition coefficient (Wildman–Crippen LogP) is 2.27. The lowest BCUT2D eigenvalue weighted by Crippen LogP contribution is -2.42. The van der Waals surface area contributed by atoms with Crippen molar-refractivity contribution in [1.29, 1.82) is 0 Å². The molecule has 4 nitrogen and oxygen atoms in total. The summed E-state index contributed by atoms with van der Waals surface area (Å²) in [5.74, 6) is -0.105. The third-order valence-electron chi connectivity index (χ3n) is 3.17. The fourth-order valence-electron chi connectivity index (χ4n) is 2.08. The summed E-state index contributed by atoms with van der Waals surface area (Å²) in [5, 5.41) is 3.25. The number of carbonyl (C=O) groups excluding carboxylic acids is 1. The molecule has 1 aliphatic heterocycles. The van der Waals surface area contributed by atoms with Crippen LogP contribution >= 0.6 is 0 Å². The van der Waals surface area contributed by atoms with E-state index in [1.54, 1.807) is 0 Å². The Morgan fingerprint density at radius 1 is 1.28 bits per heavy atom. The Balaban J connectivity index is 1.90.